The molecule has 3 N–H and O–H groups in total. The van der Waals surface area contributed by atoms with Crippen LogP contribution in [-0.2, 0) is 28.7 Å². The van der Waals surface area contributed by atoms with Crippen LogP contribution in [0.25, 0.3) is 0 Å². The third-order valence-corrected chi connectivity index (χ3v) is 8.00. The number of carbonyl (C=O) groups excluding carboxylic acids is 5. The van der Waals surface area contributed by atoms with Gasteiger partial charge in [0.05, 0.1) is 39.0 Å². The molecule has 4 atom stereocenters. The van der Waals surface area contributed by atoms with Crippen LogP contribution in [0.2, 0.25) is 0 Å². The van der Waals surface area contributed by atoms with Crippen LogP contribution in [0.1, 0.15) is 47.0 Å². The van der Waals surface area contributed by atoms with Crippen LogP contribution in [0.15, 0.2) is 16.9 Å². The van der Waals surface area contributed by atoms with E-state index >= 15 is 0 Å². The number of methoxy groups -OCH3 is 1. The lowest BCUT2D eigenvalue weighted by atomic mass is 9.85. The highest BCUT2D eigenvalue weighted by atomic mass is 16.5. The highest BCUT2D eigenvalue weighted by molar-refractivity contribution is 5.97. The number of carbonyl (C=O) groups is 5. The van der Waals surface area contributed by atoms with E-state index in [0.29, 0.717) is 19.6 Å². The number of likely N-dealkylation sites (tertiary alicyclic amines) is 1. The zero-order chi connectivity index (χ0) is 28.5. The van der Waals surface area contributed by atoms with Gasteiger partial charge in [-0.15, -0.1) is 0 Å². The number of nitrogens with one attached hydrogen (secondary N) is 3. The van der Waals surface area contributed by atoms with Crippen molar-refractivity contribution in [2.24, 2.45) is 10.4 Å². The molecule has 13 nitrogen and oxygen atoms in total. The van der Waals surface area contributed by atoms with E-state index in [4.69, 9.17) is 4.74 Å². The molecular formula is C26H39N7O6. The van der Waals surface area contributed by atoms with E-state index in [0.717, 1.165) is 12.8 Å². The van der Waals surface area contributed by atoms with Crippen LogP contribution in [0, 0.1) is 5.41 Å². The Morgan fingerprint density at radius 2 is 2.03 bits per heavy atom. The summed E-state index contributed by atoms with van der Waals surface area (Å²) in [5.41, 5.74) is -1.28. The summed E-state index contributed by atoms with van der Waals surface area (Å²) in [6.07, 6.45) is 4.84. The lowest BCUT2D eigenvalue weighted by Gasteiger charge is -2.40. The van der Waals surface area contributed by atoms with Crippen molar-refractivity contribution in [3.8, 4) is 0 Å². The normalized spacial score (nSPS) is 27.2. The predicted molar refractivity (Wildman–Crippen MR) is 141 cm³/mol. The Hall–Kier alpha value is -3.48. The van der Waals surface area contributed by atoms with Crippen molar-refractivity contribution in [1.82, 2.24) is 30.7 Å². The summed E-state index contributed by atoms with van der Waals surface area (Å²) in [4.78, 5) is 74.9. The fraction of sp³-hybridized carbons (Fsp3) is 0.692. The van der Waals surface area contributed by atoms with Crippen LogP contribution in [-0.4, -0.2) is 114 Å². The molecule has 0 bridgehead atoms. The van der Waals surface area contributed by atoms with Crippen LogP contribution >= 0.6 is 0 Å². The minimum Gasteiger partial charge on any atom is -0.467 e. The SMILES string of the molecule is CCN1C(=O)C2CCCN2C12CC(C(=O)OC)N(C(=O)C(NC(=O)CNC(=O)C1=CN=CCN1)C(C)(C)C)C2. The first kappa shape index (κ1) is 28.5. The number of ether oxygens (including phenoxy) is 1. The molecule has 0 aromatic rings. The summed E-state index contributed by atoms with van der Waals surface area (Å²) in [5.74, 6) is -2.01. The largest absolute Gasteiger partial charge is 0.467 e. The lowest BCUT2D eigenvalue weighted by Crippen LogP contribution is -2.60. The van der Waals surface area contributed by atoms with Gasteiger partial charge in [0.15, 0.2) is 0 Å². The molecule has 3 fully saturated rings. The molecule has 3 saturated heterocycles. The van der Waals surface area contributed by atoms with E-state index in [9.17, 15) is 24.0 Å². The first-order chi connectivity index (χ1) is 18.4. The molecule has 39 heavy (non-hydrogen) atoms. The molecule has 4 aliphatic rings. The van der Waals surface area contributed by atoms with Crippen molar-refractivity contribution in [3.63, 3.8) is 0 Å². The van der Waals surface area contributed by atoms with E-state index < -0.39 is 46.9 Å². The van der Waals surface area contributed by atoms with Gasteiger partial charge in [-0.2, -0.15) is 0 Å². The number of aliphatic imine (C=N–C) groups is 1. The topological polar surface area (TPSA) is 153 Å². The second-order valence-electron chi connectivity index (χ2n) is 11.4. The van der Waals surface area contributed by atoms with Crippen molar-refractivity contribution in [1.29, 1.82) is 0 Å². The maximum atomic E-state index is 14.1. The lowest BCUT2D eigenvalue weighted by molar-refractivity contribution is -0.153. The third kappa shape index (κ3) is 5.23. The van der Waals surface area contributed by atoms with E-state index in [-0.39, 0.29) is 37.2 Å². The molecule has 214 valence electrons. The van der Waals surface area contributed by atoms with Gasteiger partial charge >= 0.3 is 5.97 Å². The maximum absolute atomic E-state index is 14.1. The Balaban J connectivity index is 1.54. The highest BCUT2D eigenvalue weighted by Crippen LogP contribution is 2.46. The standard InChI is InChI=1S/C26H39N7O6/c1-6-32-22(36)17-8-7-11-33(17)26(32)12-18(24(38)39-5)31(15-26)23(37)20(25(2,3)4)30-19(34)14-29-21(35)16-13-27-9-10-28-16/h9,13,17-18,20,28H,6-8,10-12,14-15H2,1-5H3,(H,29,35)(H,30,34). The minimum atomic E-state index is -0.998. The van der Waals surface area contributed by atoms with Gasteiger partial charge in [-0.25, -0.2) is 4.79 Å². The zero-order valence-electron chi connectivity index (χ0n) is 23.3. The van der Waals surface area contributed by atoms with Gasteiger partial charge in [0.25, 0.3) is 5.91 Å². The molecule has 0 aromatic carbocycles. The fourth-order valence-electron chi connectivity index (χ4n) is 6.16. The smallest absolute Gasteiger partial charge is 0.328 e. The van der Waals surface area contributed by atoms with Crippen LogP contribution < -0.4 is 16.0 Å². The Kier molecular flexibility index (Phi) is 8.01. The van der Waals surface area contributed by atoms with Gasteiger partial charge < -0.3 is 30.5 Å². The second kappa shape index (κ2) is 10.9. The molecule has 0 aromatic heterocycles. The monoisotopic (exact) mass is 545 g/mol. The Labute approximate surface area is 228 Å². The molecule has 4 rings (SSSR count). The highest BCUT2D eigenvalue weighted by Gasteiger charge is 2.64. The average Bonchev–Trinajstić information content (AvgIpc) is 3.61. The van der Waals surface area contributed by atoms with Crippen LogP contribution in [0.5, 0.6) is 0 Å². The molecule has 4 unspecified atom stereocenters. The maximum Gasteiger partial charge on any atom is 0.328 e. The van der Waals surface area contributed by atoms with Crippen molar-refractivity contribution >= 4 is 35.8 Å². The second-order valence-corrected chi connectivity index (χ2v) is 11.4. The molecular weight excluding hydrogens is 506 g/mol. The summed E-state index contributed by atoms with van der Waals surface area (Å²) in [5, 5.41) is 8.17. The van der Waals surface area contributed by atoms with E-state index in [1.807, 2.05) is 27.7 Å². The summed E-state index contributed by atoms with van der Waals surface area (Å²) in [7, 11) is 1.28. The van der Waals surface area contributed by atoms with Gasteiger partial charge in [0.2, 0.25) is 17.7 Å². The zero-order valence-corrected chi connectivity index (χ0v) is 23.3. The van der Waals surface area contributed by atoms with E-state index in [1.165, 1.54) is 18.2 Å². The van der Waals surface area contributed by atoms with Gasteiger partial charge in [-0.1, -0.05) is 20.8 Å². The van der Waals surface area contributed by atoms with Gasteiger partial charge in [-0.05, 0) is 25.2 Å². The number of esters is 1. The number of hydrogen-bond acceptors (Lipinski definition) is 9. The summed E-state index contributed by atoms with van der Waals surface area (Å²) >= 11 is 0. The Morgan fingerprint density at radius 3 is 2.64 bits per heavy atom. The molecule has 0 saturated carbocycles. The summed E-state index contributed by atoms with van der Waals surface area (Å²) in [6.45, 7) is 8.71. The number of rotatable bonds is 7. The van der Waals surface area contributed by atoms with Gasteiger partial charge in [-0.3, -0.25) is 29.1 Å². The molecule has 4 amide bonds. The minimum absolute atomic E-state index is 0.0255. The van der Waals surface area contributed by atoms with Crippen molar-refractivity contribution in [2.45, 2.75) is 70.7 Å². The number of likely N-dealkylation sites (N-methyl/N-ethyl adjacent to an activating group) is 1. The quantitative estimate of drug-likeness (QED) is 0.343. The van der Waals surface area contributed by atoms with Crippen LogP contribution in [0.3, 0.4) is 0 Å². The van der Waals surface area contributed by atoms with Gasteiger partial charge in [0, 0.05) is 25.7 Å². The van der Waals surface area contributed by atoms with Crippen molar-refractivity contribution in [3.05, 3.63) is 11.9 Å². The number of nitrogens with zero attached hydrogens (tertiary/aromatic N) is 4. The number of hydrogen-bond donors (Lipinski definition) is 3. The number of amides is 4. The van der Waals surface area contributed by atoms with Crippen molar-refractivity contribution < 1.29 is 28.7 Å². The average molecular weight is 546 g/mol. The molecule has 0 aliphatic carbocycles. The molecule has 13 heteroatoms. The first-order valence-corrected chi connectivity index (χ1v) is 13.4. The van der Waals surface area contributed by atoms with Crippen molar-refractivity contribution in [2.75, 3.05) is 39.8 Å². The predicted octanol–water partition coefficient (Wildman–Crippen LogP) is -1.05. The summed E-state index contributed by atoms with van der Waals surface area (Å²) in [6, 6.07) is -2.16. The van der Waals surface area contributed by atoms with Gasteiger partial charge in [0.1, 0.15) is 23.4 Å². The fourth-order valence-corrected chi connectivity index (χ4v) is 6.16. The molecule has 0 radical (unpaired) electrons. The third-order valence-electron chi connectivity index (χ3n) is 8.00. The molecule has 1 spiro atoms. The molecule has 4 aliphatic heterocycles. The van der Waals surface area contributed by atoms with E-state index in [1.54, 1.807) is 11.1 Å². The Morgan fingerprint density at radius 1 is 1.28 bits per heavy atom. The van der Waals surface area contributed by atoms with Crippen LogP contribution in [0.4, 0.5) is 0 Å². The first-order valence-electron chi connectivity index (χ1n) is 13.4. The summed E-state index contributed by atoms with van der Waals surface area (Å²) < 4.78 is 5.08. The Bertz CT molecular complexity index is 1100. The number of fused-ring (bicyclic) bond motifs is 2. The molecule has 4 heterocycles. The van der Waals surface area contributed by atoms with E-state index in [2.05, 4.69) is 25.8 Å².